The number of hydrogen-bond acceptors (Lipinski definition) is 0. The summed E-state index contributed by atoms with van der Waals surface area (Å²) < 4.78 is 0. The summed E-state index contributed by atoms with van der Waals surface area (Å²) in [6.07, 6.45) is 25.5. The molecule has 0 bridgehead atoms. The second kappa shape index (κ2) is 8.20. The van der Waals surface area contributed by atoms with Crippen LogP contribution in [0.3, 0.4) is 0 Å². The van der Waals surface area contributed by atoms with E-state index in [0.29, 0.717) is 5.41 Å². The van der Waals surface area contributed by atoms with Gasteiger partial charge < -0.3 is 0 Å². The van der Waals surface area contributed by atoms with Crippen LogP contribution in [0.2, 0.25) is 0 Å². The van der Waals surface area contributed by atoms with Crippen molar-refractivity contribution in [2.24, 2.45) is 23.2 Å². The summed E-state index contributed by atoms with van der Waals surface area (Å²) in [6.45, 7) is 4.36. The minimum absolute atomic E-state index is 0.697. The monoisotopic (exact) mass is 303 g/mol. The van der Waals surface area contributed by atoms with E-state index in [0.717, 1.165) is 17.8 Å². The Bertz CT molecular complexity index is 254. The second-order valence-electron chi connectivity index (χ2n) is 8.72. The summed E-state index contributed by atoms with van der Waals surface area (Å²) >= 11 is 0. The first-order chi connectivity index (χ1) is 10.9. The summed E-state index contributed by atoms with van der Waals surface area (Å²) in [6, 6.07) is 0. The van der Waals surface area contributed by atoms with Gasteiger partial charge >= 0.3 is 0 Å². The van der Waals surface area contributed by atoms with Gasteiger partial charge in [0.25, 0.3) is 0 Å². The van der Waals surface area contributed by atoms with Crippen LogP contribution in [-0.4, -0.2) is 0 Å². The van der Waals surface area contributed by atoms with Crippen LogP contribution in [0.5, 0.6) is 0 Å². The molecule has 3 saturated carbocycles. The average Bonchev–Trinajstić information content (AvgIpc) is 2.62. The van der Waals surface area contributed by atoms with Crippen molar-refractivity contribution in [2.45, 2.75) is 109 Å². The molecule has 0 heterocycles. The molecule has 22 heavy (non-hydrogen) atoms. The molecule has 0 heteroatoms. The molecule has 0 aliphatic heterocycles. The van der Waals surface area contributed by atoms with Crippen LogP contribution in [0, 0.1) is 30.1 Å². The molecule has 0 aromatic heterocycles. The van der Waals surface area contributed by atoms with Gasteiger partial charge in [0.2, 0.25) is 0 Å². The normalized spacial score (nSPS) is 27.1. The molecule has 127 valence electrons. The topological polar surface area (TPSA) is 0 Å². The Kier molecular flexibility index (Phi) is 6.28. The van der Waals surface area contributed by atoms with Crippen molar-refractivity contribution >= 4 is 0 Å². The Balaban J connectivity index is 1.88. The smallest absolute Gasteiger partial charge is 0.0213 e. The molecule has 0 amide bonds. The zero-order chi connectivity index (χ0) is 15.3. The third kappa shape index (κ3) is 3.41. The van der Waals surface area contributed by atoms with Crippen LogP contribution in [0.15, 0.2) is 0 Å². The highest BCUT2D eigenvalue weighted by Gasteiger charge is 2.49. The molecule has 1 radical (unpaired) electrons. The van der Waals surface area contributed by atoms with Gasteiger partial charge in [0.1, 0.15) is 0 Å². The Morgan fingerprint density at radius 3 is 1.14 bits per heavy atom. The third-order valence-electron chi connectivity index (χ3n) is 7.71. The predicted molar refractivity (Wildman–Crippen MR) is 96.7 cm³/mol. The van der Waals surface area contributed by atoms with Gasteiger partial charge in [-0.25, -0.2) is 0 Å². The maximum atomic E-state index is 4.36. The van der Waals surface area contributed by atoms with E-state index in [4.69, 9.17) is 0 Å². The van der Waals surface area contributed by atoms with E-state index in [2.05, 4.69) is 6.92 Å². The van der Waals surface area contributed by atoms with Gasteiger partial charge in [-0.2, -0.15) is 0 Å². The quantitative estimate of drug-likeness (QED) is 0.499. The van der Waals surface area contributed by atoms with Crippen molar-refractivity contribution in [3.63, 3.8) is 0 Å². The molecular formula is C22H39. The van der Waals surface area contributed by atoms with Crippen LogP contribution in [0.25, 0.3) is 0 Å². The van der Waals surface area contributed by atoms with Crippen LogP contribution in [0.4, 0.5) is 0 Å². The highest BCUT2D eigenvalue weighted by Crippen LogP contribution is 2.58. The fraction of sp³-hybridized carbons (Fsp3) is 0.955. The van der Waals surface area contributed by atoms with Crippen molar-refractivity contribution in [3.05, 3.63) is 6.92 Å². The minimum Gasteiger partial charge on any atom is -0.0533 e. The van der Waals surface area contributed by atoms with E-state index >= 15 is 0 Å². The maximum absolute atomic E-state index is 4.36. The van der Waals surface area contributed by atoms with Crippen molar-refractivity contribution in [1.82, 2.24) is 0 Å². The van der Waals surface area contributed by atoms with Crippen LogP contribution >= 0.6 is 0 Å². The molecule has 0 atom stereocenters. The summed E-state index contributed by atoms with van der Waals surface area (Å²) in [4.78, 5) is 0. The van der Waals surface area contributed by atoms with Gasteiger partial charge in [0.05, 0.1) is 0 Å². The van der Waals surface area contributed by atoms with E-state index in [1.54, 1.807) is 38.5 Å². The molecular weight excluding hydrogens is 264 g/mol. The standard InChI is InChI=1S/C22H39/c1-2-18-22(19-12-6-3-7-13-19,20-14-8-4-9-15-20)21-16-10-5-11-17-21/h19-21H,1-18H2. The van der Waals surface area contributed by atoms with E-state index in [1.165, 1.54) is 70.6 Å². The first-order valence-electron chi connectivity index (χ1n) is 10.7. The maximum Gasteiger partial charge on any atom is -0.0213 e. The van der Waals surface area contributed by atoms with Crippen LogP contribution in [0.1, 0.15) is 109 Å². The summed E-state index contributed by atoms with van der Waals surface area (Å²) in [7, 11) is 0. The lowest BCUT2D eigenvalue weighted by Gasteiger charge is -2.55. The summed E-state index contributed by atoms with van der Waals surface area (Å²) in [5.74, 6) is 3.15. The van der Waals surface area contributed by atoms with Gasteiger partial charge in [0, 0.05) is 0 Å². The first-order valence-corrected chi connectivity index (χ1v) is 10.7. The fourth-order valence-corrected chi connectivity index (χ4v) is 6.84. The molecule has 3 aliphatic rings. The summed E-state index contributed by atoms with van der Waals surface area (Å²) in [5.41, 5.74) is 0.697. The highest BCUT2D eigenvalue weighted by molar-refractivity contribution is 4.99. The SMILES string of the molecule is [CH2]CCC(C1CCCCC1)(C1CCCCC1)C1CCCCC1. The van der Waals surface area contributed by atoms with Gasteiger partial charge in [0.15, 0.2) is 0 Å². The van der Waals surface area contributed by atoms with Crippen molar-refractivity contribution in [3.8, 4) is 0 Å². The Morgan fingerprint density at radius 1 is 0.545 bits per heavy atom. The lowest BCUT2D eigenvalue weighted by Crippen LogP contribution is -2.46. The Labute approximate surface area is 139 Å². The zero-order valence-corrected chi connectivity index (χ0v) is 15.0. The Hall–Kier alpha value is 0. The van der Waals surface area contributed by atoms with Gasteiger partial charge in [-0.15, -0.1) is 0 Å². The Morgan fingerprint density at radius 2 is 0.864 bits per heavy atom. The lowest BCUT2D eigenvalue weighted by atomic mass is 9.50. The molecule has 0 nitrogen and oxygen atoms in total. The fourth-order valence-electron chi connectivity index (χ4n) is 6.84. The highest BCUT2D eigenvalue weighted by atomic mass is 14.5. The first kappa shape index (κ1) is 16.8. The van der Waals surface area contributed by atoms with Crippen molar-refractivity contribution in [1.29, 1.82) is 0 Å². The molecule has 3 rings (SSSR count). The molecule has 0 aromatic rings. The average molecular weight is 304 g/mol. The minimum atomic E-state index is 0.697. The molecule has 0 aromatic carbocycles. The largest absolute Gasteiger partial charge is 0.0533 e. The molecule has 0 spiro atoms. The third-order valence-corrected chi connectivity index (χ3v) is 7.71. The predicted octanol–water partition coefficient (Wildman–Crippen LogP) is 7.33. The molecule has 3 aliphatic carbocycles. The van der Waals surface area contributed by atoms with E-state index in [-0.39, 0.29) is 0 Å². The number of rotatable bonds is 5. The van der Waals surface area contributed by atoms with Crippen molar-refractivity contribution < 1.29 is 0 Å². The van der Waals surface area contributed by atoms with Crippen LogP contribution < -0.4 is 0 Å². The van der Waals surface area contributed by atoms with E-state index in [9.17, 15) is 0 Å². The second-order valence-corrected chi connectivity index (χ2v) is 8.72. The van der Waals surface area contributed by atoms with Gasteiger partial charge in [-0.05, 0) is 68.1 Å². The number of hydrogen-bond donors (Lipinski definition) is 0. The zero-order valence-electron chi connectivity index (χ0n) is 15.0. The lowest BCUT2D eigenvalue weighted by molar-refractivity contribution is -0.0547. The van der Waals surface area contributed by atoms with Crippen molar-refractivity contribution in [2.75, 3.05) is 0 Å². The molecule has 0 saturated heterocycles. The van der Waals surface area contributed by atoms with Gasteiger partial charge in [-0.3, -0.25) is 0 Å². The summed E-state index contributed by atoms with van der Waals surface area (Å²) in [5, 5.41) is 0. The van der Waals surface area contributed by atoms with E-state index < -0.39 is 0 Å². The molecule has 3 fully saturated rings. The van der Waals surface area contributed by atoms with E-state index in [1.807, 2.05) is 0 Å². The van der Waals surface area contributed by atoms with Crippen LogP contribution in [-0.2, 0) is 0 Å². The van der Waals surface area contributed by atoms with Gasteiger partial charge in [-0.1, -0.05) is 71.1 Å². The molecule has 0 unspecified atom stereocenters. The molecule has 0 N–H and O–H groups in total.